The molecular weight excluding hydrogens is 188 g/mol. The van der Waals surface area contributed by atoms with E-state index in [0.29, 0.717) is 12.4 Å². The standard InChI is InChI=1S/C11H14N4/c1-2-9-5-3-4-6-10(9)15-8-13-11(7-12)14-15/h3-6,8H,2,7,12H2,1H3. The van der Waals surface area contributed by atoms with Crippen molar-refractivity contribution in [2.24, 2.45) is 5.73 Å². The molecule has 0 unspecified atom stereocenters. The normalized spacial score (nSPS) is 10.5. The number of para-hydroxylation sites is 1. The highest BCUT2D eigenvalue weighted by molar-refractivity contribution is 5.39. The minimum Gasteiger partial charge on any atom is -0.324 e. The van der Waals surface area contributed by atoms with Crippen LogP contribution in [-0.2, 0) is 13.0 Å². The van der Waals surface area contributed by atoms with Crippen molar-refractivity contribution in [2.45, 2.75) is 19.9 Å². The van der Waals surface area contributed by atoms with E-state index in [2.05, 4.69) is 23.1 Å². The number of nitrogens with two attached hydrogens (primary N) is 1. The number of rotatable bonds is 3. The molecule has 0 fully saturated rings. The number of benzene rings is 1. The predicted molar refractivity (Wildman–Crippen MR) is 58.6 cm³/mol. The topological polar surface area (TPSA) is 56.7 Å². The first-order chi connectivity index (χ1) is 7.35. The Labute approximate surface area is 88.8 Å². The fraction of sp³-hybridized carbons (Fsp3) is 0.273. The van der Waals surface area contributed by atoms with Crippen LogP contribution in [0.3, 0.4) is 0 Å². The minimum absolute atomic E-state index is 0.376. The highest BCUT2D eigenvalue weighted by Crippen LogP contribution is 2.13. The zero-order chi connectivity index (χ0) is 10.7. The SMILES string of the molecule is CCc1ccccc1-n1cnc(CN)n1. The van der Waals surface area contributed by atoms with Crippen LogP contribution in [0.4, 0.5) is 0 Å². The Morgan fingerprint density at radius 1 is 1.33 bits per heavy atom. The Kier molecular flexibility index (Phi) is 2.78. The van der Waals surface area contributed by atoms with Crippen molar-refractivity contribution in [1.82, 2.24) is 14.8 Å². The van der Waals surface area contributed by atoms with Gasteiger partial charge in [-0.15, -0.1) is 5.10 Å². The Bertz CT molecular complexity index is 447. The summed E-state index contributed by atoms with van der Waals surface area (Å²) >= 11 is 0. The van der Waals surface area contributed by atoms with Gasteiger partial charge in [-0.1, -0.05) is 25.1 Å². The summed E-state index contributed by atoms with van der Waals surface area (Å²) in [7, 11) is 0. The molecule has 1 aromatic heterocycles. The van der Waals surface area contributed by atoms with E-state index < -0.39 is 0 Å². The van der Waals surface area contributed by atoms with E-state index in [0.717, 1.165) is 12.1 Å². The van der Waals surface area contributed by atoms with Crippen molar-refractivity contribution in [1.29, 1.82) is 0 Å². The fourth-order valence-corrected chi connectivity index (χ4v) is 1.54. The maximum Gasteiger partial charge on any atom is 0.164 e. The average molecular weight is 202 g/mol. The van der Waals surface area contributed by atoms with Gasteiger partial charge in [0.05, 0.1) is 12.2 Å². The van der Waals surface area contributed by atoms with Crippen LogP contribution in [0.1, 0.15) is 18.3 Å². The highest BCUT2D eigenvalue weighted by Gasteiger charge is 2.04. The third-order valence-corrected chi connectivity index (χ3v) is 2.34. The van der Waals surface area contributed by atoms with Crippen molar-refractivity contribution in [3.05, 3.63) is 42.0 Å². The maximum absolute atomic E-state index is 5.47. The summed E-state index contributed by atoms with van der Waals surface area (Å²) in [5.74, 6) is 0.668. The molecule has 0 amide bonds. The number of nitrogens with zero attached hydrogens (tertiary/aromatic N) is 3. The third kappa shape index (κ3) is 1.89. The van der Waals surface area contributed by atoms with E-state index >= 15 is 0 Å². The van der Waals surface area contributed by atoms with Gasteiger partial charge >= 0.3 is 0 Å². The van der Waals surface area contributed by atoms with Crippen LogP contribution < -0.4 is 5.73 Å². The second-order valence-electron chi connectivity index (χ2n) is 3.29. The first-order valence-corrected chi connectivity index (χ1v) is 5.04. The summed E-state index contributed by atoms with van der Waals surface area (Å²) in [5, 5.41) is 4.29. The van der Waals surface area contributed by atoms with Crippen molar-refractivity contribution in [2.75, 3.05) is 0 Å². The molecule has 0 saturated carbocycles. The van der Waals surface area contributed by atoms with Gasteiger partial charge in [-0.25, -0.2) is 9.67 Å². The van der Waals surface area contributed by atoms with E-state index in [1.54, 1.807) is 11.0 Å². The monoisotopic (exact) mass is 202 g/mol. The van der Waals surface area contributed by atoms with Gasteiger partial charge in [0.25, 0.3) is 0 Å². The van der Waals surface area contributed by atoms with Crippen molar-refractivity contribution in [3.8, 4) is 5.69 Å². The van der Waals surface area contributed by atoms with Gasteiger partial charge < -0.3 is 5.73 Å². The molecule has 4 nitrogen and oxygen atoms in total. The quantitative estimate of drug-likeness (QED) is 0.815. The Morgan fingerprint density at radius 3 is 2.80 bits per heavy atom. The summed E-state index contributed by atoms with van der Waals surface area (Å²) < 4.78 is 1.78. The number of aromatic nitrogens is 3. The van der Waals surface area contributed by atoms with Gasteiger partial charge in [-0.2, -0.15) is 0 Å². The van der Waals surface area contributed by atoms with E-state index in [4.69, 9.17) is 5.73 Å². The molecular formula is C11H14N4. The third-order valence-electron chi connectivity index (χ3n) is 2.34. The highest BCUT2D eigenvalue weighted by atomic mass is 15.3. The van der Waals surface area contributed by atoms with Crippen LogP contribution in [0.15, 0.2) is 30.6 Å². The molecule has 0 aliphatic carbocycles. The summed E-state index contributed by atoms with van der Waals surface area (Å²) in [6.45, 7) is 2.50. The number of hydrogen-bond donors (Lipinski definition) is 1. The Hall–Kier alpha value is -1.68. The first-order valence-electron chi connectivity index (χ1n) is 5.04. The van der Waals surface area contributed by atoms with Gasteiger partial charge in [0, 0.05) is 0 Å². The van der Waals surface area contributed by atoms with E-state index in [1.807, 2.05) is 18.2 Å². The lowest BCUT2D eigenvalue weighted by Crippen LogP contribution is -2.02. The second kappa shape index (κ2) is 4.23. The zero-order valence-corrected chi connectivity index (χ0v) is 8.72. The lowest BCUT2D eigenvalue weighted by molar-refractivity contribution is 0.820. The Balaban J connectivity index is 2.44. The van der Waals surface area contributed by atoms with Crippen LogP contribution >= 0.6 is 0 Å². The smallest absolute Gasteiger partial charge is 0.164 e. The van der Waals surface area contributed by atoms with E-state index in [9.17, 15) is 0 Å². The first kappa shape index (κ1) is 9.86. The van der Waals surface area contributed by atoms with Crippen LogP contribution in [0.2, 0.25) is 0 Å². The molecule has 0 aliphatic heterocycles. The van der Waals surface area contributed by atoms with Crippen LogP contribution in [0.5, 0.6) is 0 Å². The fourth-order valence-electron chi connectivity index (χ4n) is 1.54. The second-order valence-corrected chi connectivity index (χ2v) is 3.29. The molecule has 15 heavy (non-hydrogen) atoms. The van der Waals surface area contributed by atoms with Gasteiger partial charge in [0.1, 0.15) is 6.33 Å². The van der Waals surface area contributed by atoms with Crippen molar-refractivity contribution < 1.29 is 0 Å². The van der Waals surface area contributed by atoms with Crippen LogP contribution in [0.25, 0.3) is 5.69 Å². The minimum atomic E-state index is 0.376. The molecule has 2 N–H and O–H groups in total. The molecule has 1 aromatic carbocycles. The van der Waals surface area contributed by atoms with Gasteiger partial charge in [-0.05, 0) is 18.1 Å². The maximum atomic E-state index is 5.47. The number of aryl methyl sites for hydroxylation is 1. The largest absolute Gasteiger partial charge is 0.324 e. The average Bonchev–Trinajstić information content (AvgIpc) is 2.77. The van der Waals surface area contributed by atoms with Crippen LogP contribution in [-0.4, -0.2) is 14.8 Å². The molecule has 2 aromatic rings. The molecule has 0 bridgehead atoms. The molecule has 0 aliphatic rings. The molecule has 1 heterocycles. The summed E-state index contributed by atoms with van der Waals surface area (Å²) in [6, 6.07) is 8.16. The molecule has 78 valence electrons. The summed E-state index contributed by atoms with van der Waals surface area (Å²) in [5.41, 5.74) is 7.81. The molecule has 0 atom stereocenters. The van der Waals surface area contributed by atoms with Gasteiger partial charge in [0.15, 0.2) is 5.82 Å². The predicted octanol–water partition coefficient (Wildman–Crippen LogP) is 1.29. The molecule has 4 heteroatoms. The molecule has 2 rings (SSSR count). The van der Waals surface area contributed by atoms with Gasteiger partial charge in [0.2, 0.25) is 0 Å². The van der Waals surface area contributed by atoms with Gasteiger partial charge in [-0.3, -0.25) is 0 Å². The molecule has 0 spiro atoms. The molecule has 0 radical (unpaired) electrons. The summed E-state index contributed by atoms with van der Waals surface area (Å²) in [6.07, 6.45) is 2.69. The van der Waals surface area contributed by atoms with Crippen LogP contribution in [0, 0.1) is 0 Å². The van der Waals surface area contributed by atoms with E-state index in [1.165, 1.54) is 5.56 Å². The lowest BCUT2D eigenvalue weighted by Gasteiger charge is -2.05. The van der Waals surface area contributed by atoms with Crippen molar-refractivity contribution >= 4 is 0 Å². The summed E-state index contributed by atoms with van der Waals surface area (Å²) in [4.78, 5) is 4.11. The zero-order valence-electron chi connectivity index (χ0n) is 8.72. The van der Waals surface area contributed by atoms with Crippen molar-refractivity contribution in [3.63, 3.8) is 0 Å². The van der Waals surface area contributed by atoms with E-state index in [-0.39, 0.29) is 0 Å². The lowest BCUT2D eigenvalue weighted by atomic mass is 10.1. The number of hydrogen-bond acceptors (Lipinski definition) is 3. The molecule has 0 saturated heterocycles. The Morgan fingerprint density at radius 2 is 2.13 bits per heavy atom.